The molecule has 1 N–H and O–H groups in total. The van der Waals surface area contributed by atoms with Gasteiger partial charge in [-0.1, -0.05) is 19.1 Å². The van der Waals surface area contributed by atoms with Crippen molar-refractivity contribution in [3.63, 3.8) is 0 Å². The van der Waals surface area contributed by atoms with E-state index >= 15 is 0 Å². The van der Waals surface area contributed by atoms with Crippen LogP contribution < -0.4 is 5.32 Å². The highest BCUT2D eigenvalue weighted by molar-refractivity contribution is 7.98. The molecule has 4 heteroatoms. The summed E-state index contributed by atoms with van der Waals surface area (Å²) in [4.78, 5) is 16.0. The third-order valence-electron chi connectivity index (χ3n) is 4.05. The number of carbonyl (C=O) groups is 1. The molecule has 1 aromatic rings. The Bertz CT molecular complexity index is 441. The molecule has 1 fully saturated rings. The Labute approximate surface area is 132 Å². The van der Waals surface area contributed by atoms with Gasteiger partial charge in [-0.05, 0) is 56.3 Å². The minimum absolute atomic E-state index is 0.278. The number of thioether (sulfide) groups is 1. The van der Waals surface area contributed by atoms with E-state index in [4.69, 9.17) is 0 Å². The molecule has 1 aromatic carbocycles. The van der Waals surface area contributed by atoms with Gasteiger partial charge in [0.2, 0.25) is 5.91 Å². The molecule has 1 saturated heterocycles. The normalized spacial score (nSPS) is 15.9. The number of hydrogen-bond donors (Lipinski definition) is 1. The van der Waals surface area contributed by atoms with Gasteiger partial charge in [-0.3, -0.25) is 4.79 Å². The fourth-order valence-electron chi connectivity index (χ4n) is 2.89. The van der Waals surface area contributed by atoms with Crippen LogP contribution in [0.1, 0.15) is 31.7 Å². The van der Waals surface area contributed by atoms with Crippen LogP contribution in [-0.2, 0) is 11.2 Å². The van der Waals surface area contributed by atoms with Crippen LogP contribution in [0.2, 0.25) is 0 Å². The van der Waals surface area contributed by atoms with Crippen molar-refractivity contribution in [1.82, 2.24) is 10.2 Å². The Balaban J connectivity index is 1.99. The summed E-state index contributed by atoms with van der Waals surface area (Å²) in [5, 5.41) is 3.37. The lowest BCUT2D eigenvalue weighted by Gasteiger charge is -2.34. The Morgan fingerprint density at radius 3 is 2.52 bits per heavy atom. The maximum Gasteiger partial charge on any atom is 0.227 e. The third-order valence-corrected chi connectivity index (χ3v) is 4.79. The summed E-state index contributed by atoms with van der Waals surface area (Å²) in [5.41, 5.74) is 1.12. The molecule has 1 aliphatic heterocycles. The first-order valence-corrected chi connectivity index (χ1v) is 9.10. The van der Waals surface area contributed by atoms with E-state index in [1.54, 1.807) is 11.8 Å². The first-order chi connectivity index (χ1) is 10.2. The van der Waals surface area contributed by atoms with E-state index in [1.807, 2.05) is 0 Å². The van der Waals surface area contributed by atoms with Crippen LogP contribution in [0.15, 0.2) is 29.2 Å². The molecule has 116 valence electrons. The van der Waals surface area contributed by atoms with E-state index in [-0.39, 0.29) is 5.91 Å². The van der Waals surface area contributed by atoms with Crippen molar-refractivity contribution in [2.24, 2.45) is 0 Å². The molecule has 0 atom stereocenters. The van der Waals surface area contributed by atoms with Crippen molar-refractivity contribution in [3.8, 4) is 0 Å². The van der Waals surface area contributed by atoms with Crippen LogP contribution in [-0.4, -0.2) is 42.7 Å². The lowest BCUT2D eigenvalue weighted by molar-refractivity contribution is -0.133. The summed E-state index contributed by atoms with van der Waals surface area (Å²) >= 11 is 1.73. The quantitative estimate of drug-likeness (QED) is 0.820. The number of nitrogens with one attached hydrogen (secondary N) is 1. The van der Waals surface area contributed by atoms with Gasteiger partial charge < -0.3 is 10.2 Å². The molecule has 0 saturated carbocycles. The van der Waals surface area contributed by atoms with Crippen LogP contribution in [0.4, 0.5) is 0 Å². The molecule has 1 amide bonds. The molecular formula is C17H26N2OS. The topological polar surface area (TPSA) is 32.3 Å². The standard InChI is InChI=1S/C17H26N2OS/c1-3-12-19(15-8-10-18-11-9-15)17(20)13-14-4-6-16(21-2)7-5-14/h4-7,15,18H,3,8-13H2,1-2H3. The number of benzene rings is 1. The second-order valence-electron chi connectivity index (χ2n) is 5.59. The van der Waals surface area contributed by atoms with Crippen LogP contribution >= 0.6 is 11.8 Å². The van der Waals surface area contributed by atoms with Gasteiger partial charge in [-0.2, -0.15) is 0 Å². The van der Waals surface area contributed by atoms with E-state index in [9.17, 15) is 4.79 Å². The van der Waals surface area contributed by atoms with Crippen LogP contribution in [0.5, 0.6) is 0 Å². The second-order valence-corrected chi connectivity index (χ2v) is 6.47. The second kappa shape index (κ2) is 8.44. The molecule has 2 rings (SSSR count). The molecule has 0 unspecified atom stereocenters. The molecule has 0 aromatic heterocycles. The Morgan fingerprint density at radius 2 is 1.95 bits per heavy atom. The molecular weight excluding hydrogens is 280 g/mol. The molecule has 0 aliphatic carbocycles. The lowest BCUT2D eigenvalue weighted by atomic mass is 10.0. The summed E-state index contributed by atoms with van der Waals surface area (Å²) in [5.74, 6) is 0.278. The van der Waals surface area contributed by atoms with Gasteiger partial charge in [0.15, 0.2) is 0 Å². The van der Waals surface area contributed by atoms with Crippen molar-refractivity contribution in [2.45, 2.75) is 43.5 Å². The number of piperidine rings is 1. The molecule has 21 heavy (non-hydrogen) atoms. The molecule has 0 radical (unpaired) electrons. The van der Waals surface area contributed by atoms with Crippen molar-refractivity contribution in [3.05, 3.63) is 29.8 Å². The highest BCUT2D eigenvalue weighted by Gasteiger charge is 2.24. The predicted octanol–water partition coefficient (Wildman–Crippen LogP) is 2.94. The van der Waals surface area contributed by atoms with E-state index in [0.29, 0.717) is 12.5 Å². The molecule has 1 heterocycles. The summed E-state index contributed by atoms with van der Waals surface area (Å²) in [7, 11) is 0. The molecule has 3 nitrogen and oxygen atoms in total. The highest BCUT2D eigenvalue weighted by Crippen LogP contribution is 2.17. The monoisotopic (exact) mass is 306 g/mol. The van der Waals surface area contributed by atoms with Crippen LogP contribution in [0.3, 0.4) is 0 Å². The maximum absolute atomic E-state index is 12.7. The summed E-state index contributed by atoms with van der Waals surface area (Å²) in [6, 6.07) is 8.78. The lowest BCUT2D eigenvalue weighted by Crippen LogP contribution is -2.47. The predicted molar refractivity (Wildman–Crippen MR) is 89.8 cm³/mol. The van der Waals surface area contributed by atoms with Crippen molar-refractivity contribution >= 4 is 17.7 Å². The summed E-state index contributed by atoms with van der Waals surface area (Å²) in [6.07, 6.45) is 5.79. The van der Waals surface area contributed by atoms with Crippen molar-refractivity contribution in [1.29, 1.82) is 0 Å². The zero-order valence-corrected chi connectivity index (χ0v) is 13.9. The maximum atomic E-state index is 12.7. The average molecular weight is 306 g/mol. The van der Waals surface area contributed by atoms with Gasteiger partial charge in [0.25, 0.3) is 0 Å². The minimum Gasteiger partial charge on any atom is -0.339 e. The molecule has 1 aliphatic rings. The highest BCUT2D eigenvalue weighted by atomic mass is 32.2. The zero-order valence-electron chi connectivity index (χ0n) is 13.1. The van der Waals surface area contributed by atoms with E-state index in [1.165, 1.54) is 4.90 Å². The van der Waals surface area contributed by atoms with Gasteiger partial charge >= 0.3 is 0 Å². The summed E-state index contributed by atoms with van der Waals surface area (Å²) in [6.45, 7) is 5.09. The fraction of sp³-hybridized carbons (Fsp3) is 0.588. The average Bonchev–Trinajstić information content (AvgIpc) is 2.54. The smallest absolute Gasteiger partial charge is 0.227 e. The Morgan fingerprint density at radius 1 is 1.29 bits per heavy atom. The largest absolute Gasteiger partial charge is 0.339 e. The fourth-order valence-corrected chi connectivity index (χ4v) is 3.30. The zero-order chi connectivity index (χ0) is 15.1. The summed E-state index contributed by atoms with van der Waals surface area (Å²) < 4.78 is 0. The Kier molecular flexibility index (Phi) is 6.58. The molecule has 0 bridgehead atoms. The van der Waals surface area contributed by atoms with Gasteiger partial charge in [0.05, 0.1) is 6.42 Å². The van der Waals surface area contributed by atoms with Gasteiger partial charge in [0, 0.05) is 17.5 Å². The van der Waals surface area contributed by atoms with Gasteiger partial charge in [0.1, 0.15) is 0 Å². The number of hydrogen-bond acceptors (Lipinski definition) is 3. The van der Waals surface area contributed by atoms with Crippen molar-refractivity contribution in [2.75, 3.05) is 25.9 Å². The SMILES string of the molecule is CCCN(C(=O)Cc1ccc(SC)cc1)C1CCNCC1. The third kappa shape index (κ3) is 4.75. The van der Waals surface area contributed by atoms with E-state index in [0.717, 1.165) is 44.5 Å². The van der Waals surface area contributed by atoms with Gasteiger partial charge in [-0.25, -0.2) is 0 Å². The number of carbonyl (C=O) groups excluding carboxylic acids is 1. The Hall–Kier alpha value is -1.00. The first-order valence-electron chi connectivity index (χ1n) is 7.87. The van der Waals surface area contributed by atoms with Crippen LogP contribution in [0.25, 0.3) is 0 Å². The van der Waals surface area contributed by atoms with E-state index in [2.05, 4.69) is 47.7 Å². The number of amides is 1. The molecule has 0 spiro atoms. The number of rotatable bonds is 6. The van der Waals surface area contributed by atoms with Gasteiger partial charge in [-0.15, -0.1) is 11.8 Å². The van der Waals surface area contributed by atoms with Crippen molar-refractivity contribution < 1.29 is 4.79 Å². The van der Waals surface area contributed by atoms with E-state index < -0.39 is 0 Å². The minimum atomic E-state index is 0.278. The number of nitrogens with zero attached hydrogens (tertiary/aromatic N) is 1. The van der Waals surface area contributed by atoms with Crippen LogP contribution in [0, 0.1) is 0 Å². The first kappa shape index (κ1) is 16.4.